The maximum absolute atomic E-state index is 12.4. The molecule has 0 aliphatic carbocycles. The van der Waals surface area contributed by atoms with Gasteiger partial charge in [-0.2, -0.15) is 0 Å². The van der Waals surface area contributed by atoms with Gasteiger partial charge in [-0.25, -0.2) is 13.1 Å². The third kappa shape index (κ3) is 5.07. The zero-order chi connectivity index (χ0) is 15.2. The third-order valence-corrected chi connectivity index (χ3v) is 5.20. The molecule has 0 saturated carbocycles. The summed E-state index contributed by atoms with van der Waals surface area (Å²) in [5.41, 5.74) is 6.06. The van der Waals surface area contributed by atoms with Crippen molar-refractivity contribution in [1.29, 1.82) is 0 Å². The van der Waals surface area contributed by atoms with Gasteiger partial charge in [-0.05, 0) is 31.0 Å². The van der Waals surface area contributed by atoms with Gasteiger partial charge in [0, 0.05) is 10.5 Å². The van der Waals surface area contributed by atoms with E-state index < -0.39 is 10.0 Å². The van der Waals surface area contributed by atoms with E-state index in [1.165, 1.54) is 0 Å². The Bertz CT molecular complexity index is 532. The standard InChI is InChI=1S/C14H23BrN2O2S/c1-3-5-7-12(6-4-2)17-20(18,19)14-10-11(15)8-9-13(14)16/h8-10,12,17H,3-7,16H2,1-2H3. The molecule has 0 aliphatic rings. The summed E-state index contributed by atoms with van der Waals surface area (Å²) in [5.74, 6) is 0. The van der Waals surface area contributed by atoms with Crippen molar-refractivity contribution in [3.63, 3.8) is 0 Å². The fourth-order valence-electron chi connectivity index (χ4n) is 2.09. The predicted molar refractivity (Wildman–Crippen MR) is 87.1 cm³/mol. The summed E-state index contributed by atoms with van der Waals surface area (Å²) in [4.78, 5) is 0.143. The van der Waals surface area contributed by atoms with Crippen molar-refractivity contribution in [2.24, 2.45) is 0 Å². The quantitative estimate of drug-likeness (QED) is 0.692. The lowest BCUT2D eigenvalue weighted by Crippen LogP contribution is -2.35. The third-order valence-electron chi connectivity index (χ3n) is 3.13. The van der Waals surface area contributed by atoms with Gasteiger partial charge in [0.1, 0.15) is 4.90 Å². The molecule has 114 valence electrons. The molecule has 0 amide bonds. The highest BCUT2D eigenvalue weighted by Gasteiger charge is 2.21. The van der Waals surface area contributed by atoms with E-state index in [1.54, 1.807) is 18.2 Å². The molecule has 0 bridgehead atoms. The van der Waals surface area contributed by atoms with Crippen LogP contribution in [0.5, 0.6) is 0 Å². The van der Waals surface area contributed by atoms with Gasteiger partial charge in [0.05, 0.1) is 5.69 Å². The predicted octanol–water partition coefficient (Wildman–Crippen LogP) is 3.67. The number of unbranched alkanes of at least 4 members (excludes halogenated alkanes) is 1. The van der Waals surface area contributed by atoms with Crippen LogP contribution in [0.15, 0.2) is 27.6 Å². The molecule has 20 heavy (non-hydrogen) atoms. The highest BCUT2D eigenvalue weighted by molar-refractivity contribution is 9.10. The number of sulfonamides is 1. The summed E-state index contributed by atoms with van der Waals surface area (Å²) in [6.45, 7) is 4.16. The van der Waals surface area contributed by atoms with Crippen molar-refractivity contribution in [1.82, 2.24) is 4.72 Å². The fraction of sp³-hybridized carbons (Fsp3) is 0.571. The van der Waals surface area contributed by atoms with Crippen LogP contribution in [0.25, 0.3) is 0 Å². The maximum atomic E-state index is 12.4. The normalized spacial score (nSPS) is 13.3. The number of hydrogen-bond acceptors (Lipinski definition) is 3. The molecule has 0 saturated heterocycles. The summed E-state index contributed by atoms with van der Waals surface area (Å²) in [6.07, 6.45) is 4.72. The van der Waals surface area contributed by atoms with Crippen molar-refractivity contribution < 1.29 is 8.42 Å². The molecule has 4 nitrogen and oxygen atoms in total. The minimum Gasteiger partial charge on any atom is -0.398 e. The van der Waals surface area contributed by atoms with Gasteiger partial charge in [-0.15, -0.1) is 0 Å². The minimum atomic E-state index is -3.57. The number of nitrogen functional groups attached to an aromatic ring is 1. The number of benzene rings is 1. The van der Waals surface area contributed by atoms with Gasteiger partial charge in [0.15, 0.2) is 0 Å². The smallest absolute Gasteiger partial charge is 0.242 e. The van der Waals surface area contributed by atoms with Crippen molar-refractivity contribution in [2.75, 3.05) is 5.73 Å². The van der Waals surface area contributed by atoms with E-state index >= 15 is 0 Å². The van der Waals surface area contributed by atoms with Crippen LogP contribution in [0.4, 0.5) is 5.69 Å². The Morgan fingerprint density at radius 3 is 2.55 bits per heavy atom. The van der Waals surface area contributed by atoms with Gasteiger partial charge >= 0.3 is 0 Å². The van der Waals surface area contributed by atoms with Crippen LogP contribution < -0.4 is 10.5 Å². The summed E-state index contributed by atoms with van der Waals surface area (Å²) >= 11 is 3.28. The van der Waals surface area contributed by atoms with Crippen LogP contribution >= 0.6 is 15.9 Å². The lowest BCUT2D eigenvalue weighted by molar-refractivity contribution is 0.483. The molecule has 6 heteroatoms. The largest absolute Gasteiger partial charge is 0.398 e. The Kier molecular flexibility index (Phi) is 6.99. The number of anilines is 1. The van der Waals surface area contributed by atoms with E-state index in [1.807, 2.05) is 0 Å². The Labute approximate surface area is 130 Å². The second-order valence-electron chi connectivity index (χ2n) is 4.93. The molecular weight excluding hydrogens is 340 g/mol. The number of halogens is 1. The summed E-state index contributed by atoms with van der Waals surface area (Å²) in [7, 11) is -3.57. The minimum absolute atomic E-state index is 0.0247. The monoisotopic (exact) mass is 362 g/mol. The maximum Gasteiger partial charge on any atom is 0.242 e. The lowest BCUT2D eigenvalue weighted by atomic mass is 10.1. The zero-order valence-corrected chi connectivity index (χ0v) is 14.4. The number of hydrogen-bond donors (Lipinski definition) is 2. The summed E-state index contributed by atoms with van der Waals surface area (Å²) < 4.78 is 28.4. The SMILES string of the molecule is CCCCC(CCC)NS(=O)(=O)c1cc(Br)ccc1N. The zero-order valence-electron chi connectivity index (χ0n) is 12.0. The lowest BCUT2D eigenvalue weighted by Gasteiger charge is -2.18. The van der Waals surface area contributed by atoms with E-state index in [9.17, 15) is 8.42 Å². The van der Waals surface area contributed by atoms with Crippen LogP contribution in [0.1, 0.15) is 46.0 Å². The Balaban J connectivity index is 2.93. The molecule has 1 aromatic carbocycles. The number of rotatable bonds is 8. The fourth-order valence-corrected chi connectivity index (χ4v) is 4.06. The van der Waals surface area contributed by atoms with Crippen molar-refractivity contribution in [3.8, 4) is 0 Å². The van der Waals surface area contributed by atoms with Gasteiger partial charge in [0.25, 0.3) is 0 Å². The first-order chi connectivity index (χ1) is 9.40. The first-order valence-electron chi connectivity index (χ1n) is 6.98. The van der Waals surface area contributed by atoms with E-state index in [2.05, 4.69) is 34.5 Å². The summed E-state index contributed by atoms with van der Waals surface area (Å²) in [6, 6.07) is 4.85. The van der Waals surface area contributed by atoms with Gasteiger partial charge in [-0.1, -0.05) is 49.0 Å². The number of nitrogens with one attached hydrogen (secondary N) is 1. The highest BCUT2D eigenvalue weighted by Crippen LogP contribution is 2.23. The molecule has 0 fully saturated rings. The first-order valence-corrected chi connectivity index (χ1v) is 9.25. The van der Waals surface area contributed by atoms with Gasteiger partial charge in [0.2, 0.25) is 10.0 Å². The number of nitrogens with two attached hydrogens (primary N) is 1. The van der Waals surface area contributed by atoms with Gasteiger partial charge in [-0.3, -0.25) is 0 Å². The van der Waals surface area contributed by atoms with E-state index in [0.717, 1.165) is 32.1 Å². The van der Waals surface area contributed by atoms with E-state index in [-0.39, 0.29) is 16.6 Å². The second-order valence-corrected chi connectivity index (χ2v) is 7.53. The molecule has 1 aromatic rings. The summed E-state index contributed by atoms with van der Waals surface area (Å²) in [5, 5.41) is 0. The molecule has 1 unspecified atom stereocenters. The van der Waals surface area contributed by atoms with Crippen LogP contribution in [0.2, 0.25) is 0 Å². The van der Waals surface area contributed by atoms with Crippen LogP contribution in [-0.4, -0.2) is 14.5 Å². The Morgan fingerprint density at radius 1 is 1.25 bits per heavy atom. The van der Waals surface area contributed by atoms with Crippen LogP contribution in [-0.2, 0) is 10.0 Å². The van der Waals surface area contributed by atoms with Crippen molar-refractivity contribution >= 4 is 31.6 Å². The van der Waals surface area contributed by atoms with Crippen LogP contribution in [0, 0.1) is 0 Å². The molecule has 1 rings (SSSR count). The first kappa shape index (κ1) is 17.5. The average molecular weight is 363 g/mol. The molecule has 0 spiro atoms. The average Bonchev–Trinajstić information content (AvgIpc) is 2.38. The second kappa shape index (κ2) is 8.00. The molecule has 0 aromatic heterocycles. The Hall–Kier alpha value is -0.590. The molecule has 0 radical (unpaired) electrons. The van der Waals surface area contributed by atoms with Crippen LogP contribution in [0.3, 0.4) is 0 Å². The highest BCUT2D eigenvalue weighted by atomic mass is 79.9. The van der Waals surface area contributed by atoms with Gasteiger partial charge < -0.3 is 5.73 Å². The Morgan fingerprint density at radius 2 is 1.95 bits per heavy atom. The molecular formula is C14H23BrN2O2S. The molecule has 1 atom stereocenters. The molecule has 0 aliphatic heterocycles. The molecule has 3 N–H and O–H groups in total. The topological polar surface area (TPSA) is 72.2 Å². The van der Waals surface area contributed by atoms with Crippen molar-refractivity contribution in [3.05, 3.63) is 22.7 Å². The van der Waals surface area contributed by atoms with Crippen molar-refractivity contribution in [2.45, 2.75) is 56.9 Å². The van der Waals surface area contributed by atoms with E-state index in [4.69, 9.17) is 5.73 Å². The molecule has 0 heterocycles. The van der Waals surface area contributed by atoms with E-state index in [0.29, 0.717) is 4.47 Å².